The minimum Gasteiger partial charge on any atom is -0.319 e. The Bertz CT molecular complexity index is 760. The summed E-state index contributed by atoms with van der Waals surface area (Å²) < 4.78 is 0. The lowest BCUT2D eigenvalue weighted by Crippen LogP contribution is -2.33. The highest BCUT2D eigenvalue weighted by molar-refractivity contribution is 7.99. The van der Waals surface area contributed by atoms with Crippen LogP contribution in [0, 0.1) is 6.92 Å². The second kappa shape index (κ2) is 5.65. The van der Waals surface area contributed by atoms with Crippen LogP contribution in [0.1, 0.15) is 16.5 Å². The highest BCUT2D eigenvalue weighted by Crippen LogP contribution is 2.46. The number of aryl methyl sites for hydroxylation is 1. The number of carbonyl (C=O) groups excluding carboxylic acids is 1. The van der Waals surface area contributed by atoms with Crippen LogP contribution in [-0.4, -0.2) is 27.7 Å². The van der Waals surface area contributed by atoms with Crippen LogP contribution in [0.5, 0.6) is 0 Å². The number of fused-ring (bicyclic) bond motifs is 1. The van der Waals surface area contributed by atoms with Crippen molar-refractivity contribution >= 4 is 40.7 Å². The van der Waals surface area contributed by atoms with Gasteiger partial charge in [0.25, 0.3) is 5.91 Å². The van der Waals surface area contributed by atoms with Crippen LogP contribution < -0.4 is 4.90 Å². The number of hydrogen-bond acceptors (Lipinski definition) is 3. The lowest BCUT2D eigenvalue weighted by Gasteiger charge is -2.25. The molecule has 5 heteroatoms. The van der Waals surface area contributed by atoms with Gasteiger partial charge >= 0.3 is 0 Å². The smallest absolute Gasteiger partial charge is 0.257 e. The van der Waals surface area contributed by atoms with Gasteiger partial charge < -0.3 is 4.90 Å². The standard InChI is InChI=1S/C18H16N2OS2/c1-12-7-9-13(10-8-12)17-20-15(11-23-17)16(21)19(18(20)22)14-5-3-2-4-6-14/h2-10,15,17H,11H2,1H3/t15-,17+/m1/s1. The number of benzene rings is 2. The first-order valence-electron chi connectivity index (χ1n) is 7.56. The molecule has 2 heterocycles. The molecule has 23 heavy (non-hydrogen) atoms. The SMILES string of the molecule is Cc1ccc([C@@H]2SC[C@@H]3C(=O)N(c4ccccc4)C(=S)N32)cc1. The van der Waals surface area contributed by atoms with Crippen molar-refractivity contribution < 1.29 is 4.79 Å². The monoisotopic (exact) mass is 340 g/mol. The first-order chi connectivity index (χ1) is 11.2. The van der Waals surface area contributed by atoms with Gasteiger partial charge in [-0.15, -0.1) is 11.8 Å². The number of thiocarbonyl (C=S) groups is 1. The normalized spacial score (nSPS) is 23.5. The fourth-order valence-corrected chi connectivity index (χ4v) is 5.01. The average molecular weight is 340 g/mol. The van der Waals surface area contributed by atoms with E-state index in [0.717, 1.165) is 11.4 Å². The minimum absolute atomic E-state index is 0.0864. The van der Waals surface area contributed by atoms with Crippen molar-refractivity contribution in [2.45, 2.75) is 18.3 Å². The summed E-state index contributed by atoms with van der Waals surface area (Å²) in [5, 5.41) is 0.729. The molecule has 1 amide bonds. The topological polar surface area (TPSA) is 23.6 Å². The molecule has 2 saturated heterocycles. The Balaban J connectivity index is 1.68. The molecule has 0 bridgehead atoms. The molecule has 0 radical (unpaired) electrons. The molecule has 0 aromatic heterocycles. The van der Waals surface area contributed by atoms with Crippen molar-refractivity contribution in [3.63, 3.8) is 0 Å². The Labute approximate surface area is 145 Å². The van der Waals surface area contributed by atoms with Crippen LogP contribution in [-0.2, 0) is 4.79 Å². The Morgan fingerprint density at radius 2 is 1.78 bits per heavy atom. The molecule has 2 aliphatic rings. The molecule has 0 spiro atoms. The number of para-hydroxylation sites is 1. The van der Waals surface area contributed by atoms with E-state index < -0.39 is 0 Å². The maximum atomic E-state index is 12.8. The molecular weight excluding hydrogens is 324 g/mol. The second-order valence-electron chi connectivity index (χ2n) is 5.81. The van der Waals surface area contributed by atoms with Gasteiger partial charge in [-0.3, -0.25) is 9.69 Å². The molecule has 2 atom stereocenters. The number of anilines is 1. The van der Waals surface area contributed by atoms with E-state index in [9.17, 15) is 4.79 Å². The van der Waals surface area contributed by atoms with Crippen LogP contribution in [0.4, 0.5) is 5.69 Å². The van der Waals surface area contributed by atoms with Gasteiger partial charge in [0, 0.05) is 5.75 Å². The first-order valence-corrected chi connectivity index (χ1v) is 9.02. The maximum Gasteiger partial charge on any atom is 0.257 e. The zero-order chi connectivity index (χ0) is 16.0. The van der Waals surface area contributed by atoms with Gasteiger partial charge in [0.15, 0.2) is 5.11 Å². The van der Waals surface area contributed by atoms with E-state index >= 15 is 0 Å². The molecule has 116 valence electrons. The van der Waals surface area contributed by atoms with Gasteiger partial charge in [0.05, 0.1) is 5.69 Å². The third kappa shape index (κ3) is 2.35. The summed E-state index contributed by atoms with van der Waals surface area (Å²) in [5.41, 5.74) is 3.29. The molecule has 2 fully saturated rings. The molecular formula is C18H16N2OS2. The highest BCUT2D eigenvalue weighted by Gasteiger charge is 2.50. The van der Waals surface area contributed by atoms with E-state index in [0.29, 0.717) is 5.11 Å². The fraction of sp³-hybridized carbons (Fsp3) is 0.222. The van der Waals surface area contributed by atoms with Crippen LogP contribution in [0.3, 0.4) is 0 Å². The number of thioether (sulfide) groups is 1. The summed E-state index contributed by atoms with van der Waals surface area (Å²) in [7, 11) is 0. The van der Waals surface area contributed by atoms with Crippen molar-refractivity contribution in [1.82, 2.24) is 4.90 Å². The molecule has 2 aliphatic heterocycles. The largest absolute Gasteiger partial charge is 0.319 e. The van der Waals surface area contributed by atoms with Gasteiger partial charge in [-0.1, -0.05) is 48.0 Å². The fourth-order valence-electron chi connectivity index (χ4n) is 3.09. The van der Waals surface area contributed by atoms with Crippen molar-refractivity contribution in [2.75, 3.05) is 10.7 Å². The van der Waals surface area contributed by atoms with E-state index in [4.69, 9.17) is 12.2 Å². The molecule has 0 saturated carbocycles. The number of rotatable bonds is 2. The molecule has 2 aromatic carbocycles. The Morgan fingerprint density at radius 1 is 1.09 bits per heavy atom. The van der Waals surface area contributed by atoms with Crippen LogP contribution >= 0.6 is 24.0 Å². The molecule has 3 nitrogen and oxygen atoms in total. The summed E-state index contributed by atoms with van der Waals surface area (Å²) in [6.07, 6.45) is 0. The molecule has 0 unspecified atom stereocenters. The highest BCUT2D eigenvalue weighted by atomic mass is 32.2. The number of carbonyl (C=O) groups is 1. The van der Waals surface area contributed by atoms with Gasteiger partial charge in [0.1, 0.15) is 11.4 Å². The van der Waals surface area contributed by atoms with Gasteiger partial charge in [-0.2, -0.15) is 0 Å². The molecule has 0 aliphatic carbocycles. The van der Waals surface area contributed by atoms with Crippen molar-refractivity contribution in [1.29, 1.82) is 0 Å². The van der Waals surface area contributed by atoms with E-state index in [1.54, 1.807) is 16.7 Å². The van der Waals surface area contributed by atoms with E-state index in [1.807, 2.05) is 30.3 Å². The van der Waals surface area contributed by atoms with E-state index in [1.165, 1.54) is 11.1 Å². The summed E-state index contributed by atoms with van der Waals surface area (Å²) in [6.45, 7) is 2.08. The van der Waals surface area contributed by atoms with Crippen molar-refractivity contribution in [3.05, 3.63) is 65.7 Å². The third-order valence-corrected chi connectivity index (χ3v) is 6.01. The Morgan fingerprint density at radius 3 is 2.48 bits per heavy atom. The van der Waals surface area contributed by atoms with Crippen LogP contribution in [0.15, 0.2) is 54.6 Å². The predicted octanol–water partition coefficient (Wildman–Crippen LogP) is 3.74. The Hall–Kier alpha value is -1.85. The van der Waals surface area contributed by atoms with E-state index in [-0.39, 0.29) is 17.3 Å². The summed E-state index contributed by atoms with van der Waals surface area (Å²) in [4.78, 5) is 16.6. The second-order valence-corrected chi connectivity index (χ2v) is 7.29. The quantitative estimate of drug-likeness (QED) is 0.777. The maximum absolute atomic E-state index is 12.8. The summed E-state index contributed by atoms with van der Waals surface area (Å²) in [6, 6.07) is 18.0. The number of amides is 1. The van der Waals surface area contributed by atoms with Crippen LogP contribution in [0.2, 0.25) is 0 Å². The summed E-state index contributed by atoms with van der Waals surface area (Å²) in [5.74, 6) is 0.865. The van der Waals surface area contributed by atoms with Crippen LogP contribution in [0.25, 0.3) is 0 Å². The van der Waals surface area contributed by atoms with Gasteiger partial charge in [-0.05, 0) is 36.8 Å². The van der Waals surface area contributed by atoms with Gasteiger partial charge in [0.2, 0.25) is 0 Å². The molecule has 2 aromatic rings. The molecule has 0 N–H and O–H groups in total. The minimum atomic E-state index is -0.154. The van der Waals surface area contributed by atoms with E-state index in [2.05, 4.69) is 36.1 Å². The number of nitrogens with zero attached hydrogens (tertiary/aromatic N) is 2. The Kier molecular flexibility index (Phi) is 3.62. The lowest BCUT2D eigenvalue weighted by atomic mass is 10.1. The predicted molar refractivity (Wildman–Crippen MR) is 98.5 cm³/mol. The van der Waals surface area contributed by atoms with Crippen molar-refractivity contribution in [2.24, 2.45) is 0 Å². The van der Waals surface area contributed by atoms with Gasteiger partial charge in [-0.25, -0.2) is 0 Å². The number of hydrogen-bond donors (Lipinski definition) is 0. The average Bonchev–Trinajstić information content (AvgIpc) is 3.10. The lowest BCUT2D eigenvalue weighted by molar-refractivity contribution is -0.119. The zero-order valence-corrected chi connectivity index (χ0v) is 14.3. The first kappa shape index (κ1) is 14.7. The molecule has 4 rings (SSSR count). The van der Waals surface area contributed by atoms with Crippen molar-refractivity contribution in [3.8, 4) is 0 Å². The third-order valence-electron chi connectivity index (χ3n) is 4.29. The zero-order valence-electron chi connectivity index (χ0n) is 12.7. The summed E-state index contributed by atoms with van der Waals surface area (Å²) >= 11 is 7.45.